The second-order valence-electron chi connectivity index (χ2n) is 14.8. The number of benzene rings is 4. The van der Waals surface area contributed by atoms with E-state index in [1.165, 1.54) is 6.07 Å². The van der Waals surface area contributed by atoms with Crippen LogP contribution >= 0.6 is 0 Å². The summed E-state index contributed by atoms with van der Waals surface area (Å²) in [7, 11) is 4.18. The number of aromatic amines is 2. The quantitative estimate of drug-likeness (QED) is 0.116. The predicted octanol–water partition coefficient (Wildman–Crippen LogP) is 8.52. The lowest BCUT2D eigenvalue weighted by molar-refractivity contribution is -0.137. The summed E-state index contributed by atoms with van der Waals surface area (Å²) in [4.78, 5) is 20.4. The van der Waals surface area contributed by atoms with Crippen molar-refractivity contribution in [1.29, 1.82) is 0 Å². The number of phenols is 2. The largest absolute Gasteiger partial charge is 0.508 e. The van der Waals surface area contributed by atoms with Crippen molar-refractivity contribution in [2.24, 2.45) is 0 Å². The molecule has 0 bridgehead atoms. The van der Waals surface area contributed by atoms with Crippen LogP contribution in [0.1, 0.15) is 78.7 Å². The molecule has 0 radical (unpaired) electrons. The van der Waals surface area contributed by atoms with Crippen molar-refractivity contribution >= 4 is 22.1 Å². The van der Waals surface area contributed by atoms with Gasteiger partial charge < -0.3 is 39.5 Å². The molecule has 4 aromatic carbocycles. The van der Waals surface area contributed by atoms with Gasteiger partial charge in [-0.2, -0.15) is 13.2 Å². The SMILES string of the molecule is CCc1cccc(C(OC2CCN(C)CC2)c2nc3ccccc3[nH]2)c1O.CN1CCC(OC(c2nc3ccccc3[nH]2)c2ccc(C(F)(F)F)cc2O)CC1. The number of nitrogens with zero attached hydrogens (tertiary/aromatic N) is 4. The number of fused-ring (bicyclic) bond motifs is 2. The molecule has 8 rings (SSSR count). The van der Waals surface area contributed by atoms with Crippen LogP contribution in [0.5, 0.6) is 11.5 Å². The fourth-order valence-electron chi connectivity index (χ4n) is 7.44. The van der Waals surface area contributed by atoms with E-state index in [4.69, 9.17) is 14.5 Å². The number of hydrogen-bond acceptors (Lipinski definition) is 8. The van der Waals surface area contributed by atoms with Gasteiger partial charge in [0.1, 0.15) is 35.4 Å². The van der Waals surface area contributed by atoms with Gasteiger partial charge in [-0.1, -0.05) is 55.5 Å². The summed E-state index contributed by atoms with van der Waals surface area (Å²) < 4.78 is 51.8. The van der Waals surface area contributed by atoms with Crippen LogP contribution in [0.25, 0.3) is 22.1 Å². The molecule has 0 aliphatic carbocycles. The van der Waals surface area contributed by atoms with Gasteiger partial charge in [-0.15, -0.1) is 0 Å². The molecular formula is C43H49F3N6O4. The third kappa shape index (κ3) is 9.02. The van der Waals surface area contributed by atoms with E-state index in [-0.39, 0.29) is 17.8 Å². The van der Waals surface area contributed by atoms with Crippen LogP contribution in [-0.2, 0) is 22.1 Å². The minimum atomic E-state index is -4.53. The van der Waals surface area contributed by atoms with E-state index < -0.39 is 29.7 Å². The van der Waals surface area contributed by atoms with Gasteiger partial charge in [0.25, 0.3) is 0 Å². The normalized spacial score (nSPS) is 17.5. The lowest BCUT2D eigenvalue weighted by Gasteiger charge is -2.31. The zero-order chi connectivity index (χ0) is 39.4. The van der Waals surface area contributed by atoms with Crippen molar-refractivity contribution in [2.75, 3.05) is 40.3 Å². The molecule has 6 aromatic rings. The number of aromatic nitrogens is 4. The second kappa shape index (κ2) is 17.0. The van der Waals surface area contributed by atoms with E-state index in [1.54, 1.807) is 0 Å². The highest BCUT2D eigenvalue weighted by atomic mass is 19.4. The van der Waals surface area contributed by atoms with Gasteiger partial charge in [-0.05, 0) is 88.2 Å². The van der Waals surface area contributed by atoms with E-state index in [1.807, 2.05) is 80.7 Å². The predicted molar refractivity (Wildman–Crippen MR) is 210 cm³/mol. The average Bonchev–Trinajstić information content (AvgIpc) is 3.83. The van der Waals surface area contributed by atoms with E-state index in [0.29, 0.717) is 11.6 Å². The number of imidazole rings is 2. The zero-order valence-corrected chi connectivity index (χ0v) is 31.9. The molecule has 2 aromatic heterocycles. The number of aryl methyl sites for hydroxylation is 1. The number of phenolic OH excluding ortho intramolecular Hbond substituents is 2. The third-order valence-electron chi connectivity index (χ3n) is 10.8. The first kappa shape index (κ1) is 39.3. The van der Waals surface area contributed by atoms with Gasteiger partial charge in [0, 0.05) is 37.3 Å². The number of nitrogens with one attached hydrogen (secondary N) is 2. The molecule has 0 saturated carbocycles. The maximum atomic E-state index is 13.0. The van der Waals surface area contributed by atoms with Crippen molar-refractivity contribution in [3.05, 3.63) is 119 Å². The van der Waals surface area contributed by atoms with Crippen molar-refractivity contribution in [1.82, 2.24) is 29.7 Å². The van der Waals surface area contributed by atoms with Crippen molar-refractivity contribution in [3.8, 4) is 11.5 Å². The average molecular weight is 771 g/mol. The number of H-pyrrole nitrogens is 2. The molecule has 2 unspecified atom stereocenters. The summed E-state index contributed by atoms with van der Waals surface area (Å²) in [6.45, 7) is 5.84. The van der Waals surface area contributed by atoms with Crippen LogP contribution in [-0.4, -0.2) is 92.4 Å². The molecule has 0 amide bonds. The molecule has 13 heteroatoms. The summed E-state index contributed by atoms with van der Waals surface area (Å²) in [5.41, 5.74) is 4.49. The zero-order valence-electron chi connectivity index (χ0n) is 31.9. The molecule has 4 N–H and O–H groups in total. The van der Waals surface area contributed by atoms with Crippen LogP contribution in [0.4, 0.5) is 13.2 Å². The van der Waals surface area contributed by atoms with Crippen LogP contribution in [0, 0.1) is 0 Å². The van der Waals surface area contributed by atoms with E-state index in [0.717, 1.165) is 109 Å². The number of aromatic hydroxyl groups is 2. The molecule has 2 aliphatic heterocycles. The van der Waals surface area contributed by atoms with Gasteiger partial charge in [-0.25, -0.2) is 9.97 Å². The maximum absolute atomic E-state index is 13.0. The minimum absolute atomic E-state index is 0.0777. The fourth-order valence-corrected chi connectivity index (χ4v) is 7.44. The molecule has 2 aliphatic rings. The molecule has 296 valence electrons. The van der Waals surface area contributed by atoms with E-state index in [9.17, 15) is 23.4 Å². The van der Waals surface area contributed by atoms with Crippen LogP contribution in [0.15, 0.2) is 84.9 Å². The second-order valence-corrected chi connectivity index (χ2v) is 14.8. The number of ether oxygens (including phenoxy) is 2. The highest BCUT2D eigenvalue weighted by molar-refractivity contribution is 5.75. The minimum Gasteiger partial charge on any atom is -0.508 e. The van der Waals surface area contributed by atoms with Crippen molar-refractivity contribution in [2.45, 2.75) is 69.6 Å². The molecule has 2 fully saturated rings. The molecule has 4 heterocycles. The summed E-state index contributed by atoms with van der Waals surface area (Å²) >= 11 is 0. The van der Waals surface area contributed by atoms with Gasteiger partial charge in [0.15, 0.2) is 0 Å². The molecular weight excluding hydrogens is 722 g/mol. The number of para-hydroxylation sites is 5. The Bertz CT molecular complexity index is 2160. The maximum Gasteiger partial charge on any atom is 0.416 e. The summed E-state index contributed by atoms with van der Waals surface area (Å²) in [5.74, 6) is 1.07. The van der Waals surface area contributed by atoms with Crippen LogP contribution in [0.3, 0.4) is 0 Å². The monoisotopic (exact) mass is 770 g/mol. The van der Waals surface area contributed by atoms with Gasteiger partial charge in [0.05, 0.1) is 39.8 Å². The Morgan fingerprint density at radius 2 is 1.20 bits per heavy atom. The summed E-state index contributed by atoms with van der Waals surface area (Å²) in [6.07, 6.45) is -1.29. The van der Waals surface area contributed by atoms with Gasteiger partial charge in [0.2, 0.25) is 0 Å². The lowest BCUT2D eigenvalue weighted by atomic mass is 10.0. The Hall–Kier alpha value is -4.95. The Morgan fingerprint density at radius 3 is 1.66 bits per heavy atom. The fraction of sp³-hybridized carbons (Fsp3) is 0.395. The van der Waals surface area contributed by atoms with Gasteiger partial charge in [-0.3, -0.25) is 0 Å². The lowest BCUT2D eigenvalue weighted by Crippen LogP contribution is -2.35. The van der Waals surface area contributed by atoms with Crippen LogP contribution < -0.4 is 0 Å². The first-order valence-corrected chi connectivity index (χ1v) is 19.2. The number of hydrogen-bond donors (Lipinski definition) is 4. The number of halogens is 3. The summed E-state index contributed by atoms with van der Waals surface area (Å²) in [5, 5.41) is 21.2. The first-order chi connectivity index (χ1) is 27.0. The Balaban J connectivity index is 0.000000172. The van der Waals surface area contributed by atoms with E-state index >= 15 is 0 Å². The van der Waals surface area contributed by atoms with Crippen LogP contribution in [0.2, 0.25) is 0 Å². The molecule has 56 heavy (non-hydrogen) atoms. The Labute approximate surface area is 324 Å². The van der Waals surface area contributed by atoms with Gasteiger partial charge >= 0.3 is 6.18 Å². The smallest absolute Gasteiger partial charge is 0.416 e. The molecule has 2 atom stereocenters. The third-order valence-corrected chi connectivity index (χ3v) is 10.8. The Kier molecular flexibility index (Phi) is 12.0. The topological polar surface area (TPSA) is 123 Å². The summed E-state index contributed by atoms with van der Waals surface area (Å²) in [6, 6.07) is 24.3. The number of alkyl halides is 3. The number of rotatable bonds is 9. The number of piperidine rings is 2. The standard InChI is InChI=1S/C22H27N3O2.C21H22F3N3O2/c1-3-15-7-6-8-17(20(15)26)21(27-16-11-13-25(2)14-12-16)22-23-18-9-4-5-10-19(18)24-22;1-27-10-8-14(9-11-27)29-19(20-25-16-4-2-3-5-17(16)26-20)15-7-6-13(12-18(15)28)21(22,23)24/h4-10,16,21,26H,3,11-14H2,1-2H3,(H,23,24);2-7,12,14,19,28H,8-11H2,1H3,(H,25,26). The molecule has 2 saturated heterocycles. The molecule has 10 nitrogen and oxygen atoms in total. The van der Waals surface area contributed by atoms with Crippen molar-refractivity contribution in [3.63, 3.8) is 0 Å². The Morgan fingerprint density at radius 1 is 0.696 bits per heavy atom. The molecule has 0 spiro atoms. The first-order valence-electron chi connectivity index (χ1n) is 19.2. The van der Waals surface area contributed by atoms with Crippen molar-refractivity contribution < 1.29 is 32.9 Å². The van der Waals surface area contributed by atoms with E-state index in [2.05, 4.69) is 31.8 Å². The number of likely N-dealkylation sites (tertiary alicyclic amines) is 2. The highest BCUT2D eigenvalue weighted by Crippen LogP contribution is 2.39. The highest BCUT2D eigenvalue weighted by Gasteiger charge is 2.34.